The fourth-order valence-corrected chi connectivity index (χ4v) is 5.74. The summed E-state index contributed by atoms with van der Waals surface area (Å²) in [5.41, 5.74) is 3.22. The second-order valence-electron chi connectivity index (χ2n) is 9.15. The van der Waals surface area contributed by atoms with E-state index in [0.29, 0.717) is 5.92 Å². The van der Waals surface area contributed by atoms with Gasteiger partial charge in [-0.25, -0.2) is 13.2 Å². The average molecular weight is 493 g/mol. The van der Waals surface area contributed by atoms with E-state index in [9.17, 15) is 18.3 Å². The van der Waals surface area contributed by atoms with Crippen molar-refractivity contribution in [2.45, 2.75) is 43.9 Å². The van der Waals surface area contributed by atoms with Crippen molar-refractivity contribution in [3.05, 3.63) is 89.5 Å². The number of rotatable bonds is 9. The lowest BCUT2D eigenvalue weighted by atomic mass is 9.90. The molecule has 0 atom stereocenters. The van der Waals surface area contributed by atoms with E-state index >= 15 is 0 Å². The van der Waals surface area contributed by atoms with Crippen LogP contribution in [0.1, 0.15) is 47.7 Å². The Morgan fingerprint density at radius 2 is 1.66 bits per heavy atom. The summed E-state index contributed by atoms with van der Waals surface area (Å²) >= 11 is 0. The van der Waals surface area contributed by atoms with Gasteiger partial charge in [-0.1, -0.05) is 55.8 Å². The minimum Gasteiger partial charge on any atom is -0.478 e. The molecule has 1 fully saturated rings. The standard InChI is InChI=1S/C28H32N2O4S/c1-2-6-21-9-12-25(13-10-21)35(33,34)29-27-14-11-24(20-26(27)28(31)32)30-17-15-23(16-18-30)19-22-7-4-3-5-8-22/h3-5,7-14,20,23,29H,2,6,15-19H2,1H3,(H,31,32). The van der Waals surface area contributed by atoms with Gasteiger partial charge in [0.1, 0.15) is 0 Å². The summed E-state index contributed by atoms with van der Waals surface area (Å²) < 4.78 is 28.3. The molecule has 4 rings (SSSR count). The second-order valence-corrected chi connectivity index (χ2v) is 10.8. The van der Waals surface area contributed by atoms with Gasteiger partial charge in [0.05, 0.1) is 16.1 Å². The molecular weight excluding hydrogens is 460 g/mol. The van der Waals surface area contributed by atoms with Crippen LogP contribution in [0.25, 0.3) is 0 Å². The number of hydrogen-bond acceptors (Lipinski definition) is 4. The van der Waals surface area contributed by atoms with Crippen LogP contribution in [-0.4, -0.2) is 32.6 Å². The molecule has 35 heavy (non-hydrogen) atoms. The molecule has 1 aliphatic rings. The molecule has 0 aromatic heterocycles. The number of aryl methyl sites for hydroxylation is 1. The molecule has 0 unspecified atom stereocenters. The van der Waals surface area contributed by atoms with E-state index in [1.807, 2.05) is 6.07 Å². The van der Waals surface area contributed by atoms with E-state index in [1.54, 1.807) is 42.5 Å². The highest BCUT2D eigenvalue weighted by Gasteiger charge is 2.23. The summed E-state index contributed by atoms with van der Waals surface area (Å²) in [5.74, 6) is -0.566. The molecule has 0 saturated carbocycles. The van der Waals surface area contributed by atoms with Gasteiger partial charge in [-0.3, -0.25) is 4.72 Å². The normalized spacial score (nSPS) is 14.6. The summed E-state index contributed by atoms with van der Waals surface area (Å²) in [6, 6.07) is 22.1. The lowest BCUT2D eigenvalue weighted by Crippen LogP contribution is -2.34. The second kappa shape index (κ2) is 11.0. The molecule has 184 valence electrons. The molecule has 1 heterocycles. The molecular formula is C28H32N2O4S. The van der Waals surface area contributed by atoms with Gasteiger partial charge in [0.25, 0.3) is 10.0 Å². The third-order valence-electron chi connectivity index (χ3n) is 6.60. The maximum absolute atomic E-state index is 12.9. The predicted molar refractivity (Wildman–Crippen MR) is 140 cm³/mol. The minimum absolute atomic E-state index is 0.0555. The van der Waals surface area contributed by atoms with Gasteiger partial charge in [-0.2, -0.15) is 0 Å². The summed E-state index contributed by atoms with van der Waals surface area (Å²) in [6.45, 7) is 3.74. The number of benzene rings is 3. The Hall–Kier alpha value is -3.32. The van der Waals surface area contributed by atoms with Crippen molar-refractivity contribution in [3.8, 4) is 0 Å². The average Bonchev–Trinajstić information content (AvgIpc) is 2.86. The monoisotopic (exact) mass is 492 g/mol. The SMILES string of the molecule is CCCc1ccc(S(=O)(=O)Nc2ccc(N3CCC(Cc4ccccc4)CC3)cc2C(=O)O)cc1. The van der Waals surface area contributed by atoms with E-state index in [4.69, 9.17) is 0 Å². The Morgan fingerprint density at radius 3 is 2.29 bits per heavy atom. The highest BCUT2D eigenvalue weighted by molar-refractivity contribution is 7.92. The zero-order chi connectivity index (χ0) is 24.8. The Labute approximate surface area is 207 Å². The number of piperidine rings is 1. The van der Waals surface area contributed by atoms with Crippen LogP contribution in [0.3, 0.4) is 0 Å². The number of sulfonamides is 1. The molecule has 3 aromatic rings. The van der Waals surface area contributed by atoms with E-state index in [1.165, 1.54) is 5.56 Å². The number of carboxylic acids is 1. The first-order valence-corrected chi connectivity index (χ1v) is 13.6. The van der Waals surface area contributed by atoms with Crippen LogP contribution in [0, 0.1) is 5.92 Å². The predicted octanol–water partition coefficient (Wildman–Crippen LogP) is 5.60. The molecule has 0 radical (unpaired) electrons. The Balaban J connectivity index is 1.46. The van der Waals surface area contributed by atoms with Crippen molar-refractivity contribution < 1.29 is 18.3 Å². The first-order chi connectivity index (χ1) is 16.9. The molecule has 7 heteroatoms. The first kappa shape index (κ1) is 24.8. The fraction of sp³-hybridized carbons (Fsp3) is 0.321. The first-order valence-electron chi connectivity index (χ1n) is 12.1. The van der Waals surface area contributed by atoms with E-state index < -0.39 is 16.0 Å². The summed E-state index contributed by atoms with van der Waals surface area (Å²) in [5, 5.41) is 9.80. The maximum atomic E-state index is 12.9. The molecule has 0 spiro atoms. The quantitative estimate of drug-likeness (QED) is 0.406. The zero-order valence-electron chi connectivity index (χ0n) is 20.0. The van der Waals surface area contributed by atoms with Crippen LogP contribution in [0.4, 0.5) is 11.4 Å². The summed E-state index contributed by atoms with van der Waals surface area (Å²) in [4.78, 5) is 14.3. The van der Waals surface area contributed by atoms with Crippen molar-refractivity contribution >= 4 is 27.4 Å². The third-order valence-corrected chi connectivity index (χ3v) is 7.98. The number of anilines is 2. The molecule has 0 aliphatic carbocycles. The van der Waals surface area contributed by atoms with Crippen molar-refractivity contribution in [1.82, 2.24) is 0 Å². The summed E-state index contributed by atoms with van der Waals surface area (Å²) in [6.07, 6.45) is 4.96. The van der Waals surface area contributed by atoms with Crippen LogP contribution >= 0.6 is 0 Å². The zero-order valence-corrected chi connectivity index (χ0v) is 20.8. The van der Waals surface area contributed by atoms with Gasteiger partial charge >= 0.3 is 5.97 Å². The van der Waals surface area contributed by atoms with Crippen molar-refractivity contribution in [1.29, 1.82) is 0 Å². The van der Waals surface area contributed by atoms with Crippen LogP contribution < -0.4 is 9.62 Å². The van der Waals surface area contributed by atoms with Crippen molar-refractivity contribution in [2.75, 3.05) is 22.7 Å². The van der Waals surface area contributed by atoms with Crippen molar-refractivity contribution in [3.63, 3.8) is 0 Å². The van der Waals surface area contributed by atoms with E-state index in [2.05, 4.69) is 40.8 Å². The maximum Gasteiger partial charge on any atom is 0.337 e. The molecule has 6 nitrogen and oxygen atoms in total. The van der Waals surface area contributed by atoms with Crippen LogP contribution in [0.15, 0.2) is 77.7 Å². The lowest BCUT2D eigenvalue weighted by Gasteiger charge is -2.34. The molecule has 1 saturated heterocycles. The van der Waals surface area contributed by atoms with Crippen molar-refractivity contribution in [2.24, 2.45) is 5.92 Å². The lowest BCUT2D eigenvalue weighted by molar-refractivity contribution is 0.0698. The fourth-order valence-electron chi connectivity index (χ4n) is 4.67. The number of nitrogens with zero attached hydrogens (tertiary/aromatic N) is 1. The smallest absolute Gasteiger partial charge is 0.337 e. The van der Waals surface area contributed by atoms with Gasteiger partial charge < -0.3 is 10.0 Å². The number of hydrogen-bond donors (Lipinski definition) is 2. The molecule has 1 aliphatic heterocycles. The summed E-state index contributed by atoms with van der Waals surface area (Å²) in [7, 11) is -3.90. The highest BCUT2D eigenvalue weighted by Crippen LogP contribution is 2.30. The third kappa shape index (κ3) is 6.22. The highest BCUT2D eigenvalue weighted by atomic mass is 32.2. The van der Waals surface area contributed by atoms with Gasteiger partial charge in [-0.05, 0) is 73.1 Å². The topological polar surface area (TPSA) is 86.7 Å². The number of carboxylic acid groups (broad SMARTS) is 1. The molecule has 3 aromatic carbocycles. The molecule has 2 N–H and O–H groups in total. The number of carbonyl (C=O) groups is 1. The van der Waals surface area contributed by atoms with E-state index in [-0.39, 0.29) is 16.1 Å². The largest absolute Gasteiger partial charge is 0.478 e. The number of nitrogens with one attached hydrogen (secondary N) is 1. The Morgan fingerprint density at radius 1 is 0.971 bits per heavy atom. The number of aromatic carboxylic acids is 1. The van der Waals surface area contributed by atoms with Gasteiger partial charge in [-0.15, -0.1) is 0 Å². The molecule has 0 bridgehead atoms. The van der Waals surface area contributed by atoms with Crippen LogP contribution in [0.5, 0.6) is 0 Å². The van der Waals surface area contributed by atoms with E-state index in [0.717, 1.165) is 56.4 Å². The van der Waals surface area contributed by atoms with Gasteiger partial charge in [0.2, 0.25) is 0 Å². The van der Waals surface area contributed by atoms with Crippen LogP contribution in [0.2, 0.25) is 0 Å². The van der Waals surface area contributed by atoms with Gasteiger partial charge in [0.15, 0.2) is 0 Å². The van der Waals surface area contributed by atoms with Crippen LogP contribution in [-0.2, 0) is 22.9 Å². The molecule has 0 amide bonds. The van der Waals surface area contributed by atoms with Gasteiger partial charge in [0, 0.05) is 18.8 Å². The Kier molecular flexibility index (Phi) is 7.76. The Bertz CT molecular complexity index is 1250. The minimum atomic E-state index is -3.90.